The van der Waals surface area contributed by atoms with E-state index in [0.717, 1.165) is 20.3 Å². The van der Waals surface area contributed by atoms with Crippen LogP contribution in [0.15, 0.2) is 47.5 Å². The molecule has 0 radical (unpaired) electrons. The van der Waals surface area contributed by atoms with E-state index >= 15 is 0 Å². The van der Waals surface area contributed by atoms with Crippen LogP contribution in [0.5, 0.6) is 0 Å². The first-order valence-electron chi connectivity index (χ1n) is 11.1. The van der Waals surface area contributed by atoms with Crippen molar-refractivity contribution >= 4 is 45.4 Å². The van der Waals surface area contributed by atoms with Gasteiger partial charge in [-0.05, 0) is 24.3 Å². The summed E-state index contributed by atoms with van der Waals surface area (Å²) in [7, 11) is 0. The third-order valence-corrected chi connectivity index (χ3v) is 8.94. The Morgan fingerprint density at radius 2 is 1.97 bits per heavy atom. The van der Waals surface area contributed by atoms with E-state index in [-0.39, 0.29) is 23.6 Å². The van der Waals surface area contributed by atoms with Gasteiger partial charge in [0.25, 0.3) is 6.33 Å². The molecule has 0 unspecified atom stereocenters. The first kappa shape index (κ1) is 23.1. The number of imidazole rings is 1. The molecule has 4 N–H and O–H groups in total. The average molecular weight is 500 g/mol. The summed E-state index contributed by atoms with van der Waals surface area (Å²) in [5, 5.41) is 21.1. The number of hydrogen-bond acceptors (Lipinski definition) is 6. The Labute approximate surface area is 205 Å². The maximum atomic E-state index is 12.7. The lowest BCUT2D eigenvalue weighted by atomic mass is 9.77. The Balaban J connectivity index is 1.53. The van der Waals surface area contributed by atoms with Crippen molar-refractivity contribution in [2.24, 2.45) is 17.6 Å². The molecular formula is C24H27N4O4S2+. The highest BCUT2D eigenvalue weighted by atomic mass is 32.2. The van der Waals surface area contributed by atoms with Gasteiger partial charge in [-0.15, -0.1) is 0 Å². The van der Waals surface area contributed by atoms with Crippen LogP contribution in [0.25, 0.3) is 10.4 Å². The molecule has 0 saturated carbocycles. The Hall–Kier alpha value is -2.66. The van der Waals surface area contributed by atoms with E-state index in [2.05, 4.69) is 16.7 Å². The van der Waals surface area contributed by atoms with Crippen molar-refractivity contribution in [3.05, 3.63) is 58.5 Å². The lowest BCUT2D eigenvalue weighted by Crippen LogP contribution is -2.63. The number of hydrogen-bond donors (Lipinski definition) is 3. The number of carbonyl (C=O) groups excluding carboxylic acids is 1. The van der Waals surface area contributed by atoms with E-state index in [9.17, 15) is 19.8 Å². The maximum Gasteiger partial charge on any atom is 0.352 e. The van der Waals surface area contributed by atoms with E-state index in [4.69, 9.17) is 5.73 Å². The fraction of sp³-hybridized carbons (Fsp3) is 0.375. The molecule has 2 aliphatic heterocycles. The number of nitrogens with zero attached hydrogens (tertiary/aromatic N) is 3. The molecule has 2 aromatic heterocycles. The third kappa shape index (κ3) is 3.39. The average Bonchev–Trinajstić information content (AvgIpc) is 3.41. The molecule has 5 rings (SSSR count). The van der Waals surface area contributed by atoms with E-state index < -0.39 is 18.0 Å². The molecule has 1 aromatic carbocycles. The number of carboxylic acids is 1. The molecule has 178 valence electrons. The van der Waals surface area contributed by atoms with Crippen molar-refractivity contribution in [1.82, 2.24) is 9.30 Å². The second kappa shape index (κ2) is 8.53. The largest absolute Gasteiger partial charge is 0.477 e. The van der Waals surface area contributed by atoms with Gasteiger partial charge in [0.05, 0.1) is 22.9 Å². The number of carbonyl (C=O) groups is 2. The minimum atomic E-state index is -1.11. The molecule has 1 saturated heterocycles. The SMILES string of the molecule is CSc1c2sc(C3=C(C(=O)O)N4C(=O)[C@H]([C@@H](C)O)[C@H]4[C@H]3C)cn2c[n+]1Cc1ccc(CN)cc1. The van der Waals surface area contributed by atoms with Gasteiger partial charge in [0, 0.05) is 18.0 Å². The summed E-state index contributed by atoms with van der Waals surface area (Å²) in [6.07, 6.45) is 5.19. The predicted octanol–water partition coefficient (Wildman–Crippen LogP) is 2.17. The number of carboxylic acid groups (broad SMARTS) is 1. The van der Waals surface area contributed by atoms with Gasteiger partial charge < -0.3 is 20.8 Å². The second-order valence-electron chi connectivity index (χ2n) is 8.90. The topological polar surface area (TPSA) is 112 Å². The number of aliphatic hydroxyl groups is 1. The number of aliphatic hydroxyl groups excluding tert-OH is 1. The van der Waals surface area contributed by atoms with Gasteiger partial charge in [-0.25, -0.2) is 9.36 Å². The van der Waals surface area contributed by atoms with Gasteiger partial charge in [-0.2, -0.15) is 4.40 Å². The fourth-order valence-electron chi connectivity index (χ4n) is 5.25. The van der Waals surface area contributed by atoms with Gasteiger partial charge in [-0.3, -0.25) is 4.79 Å². The Bertz CT molecular complexity index is 1320. The zero-order valence-corrected chi connectivity index (χ0v) is 20.8. The minimum absolute atomic E-state index is 0.0440. The molecule has 0 spiro atoms. The Morgan fingerprint density at radius 3 is 2.56 bits per heavy atom. The molecular weight excluding hydrogens is 472 g/mol. The molecule has 34 heavy (non-hydrogen) atoms. The summed E-state index contributed by atoms with van der Waals surface area (Å²) in [6.45, 7) is 4.77. The number of rotatable bonds is 7. The fourth-order valence-corrected chi connectivity index (χ4v) is 7.42. The molecule has 1 fully saturated rings. The van der Waals surface area contributed by atoms with Gasteiger partial charge in [0.2, 0.25) is 15.8 Å². The van der Waals surface area contributed by atoms with Crippen molar-refractivity contribution in [2.75, 3.05) is 6.26 Å². The smallest absolute Gasteiger partial charge is 0.352 e. The minimum Gasteiger partial charge on any atom is -0.477 e. The summed E-state index contributed by atoms with van der Waals surface area (Å²) >= 11 is 3.18. The molecule has 4 atom stereocenters. The molecule has 1 amide bonds. The quantitative estimate of drug-likeness (QED) is 0.261. The molecule has 0 bridgehead atoms. The molecule has 4 heterocycles. The summed E-state index contributed by atoms with van der Waals surface area (Å²) in [5.41, 5.74) is 8.68. The molecule has 10 heteroatoms. The lowest BCUT2D eigenvalue weighted by molar-refractivity contribution is -0.721. The van der Waals surface area contributed by atoms with E-state index in [1.54, 1.807) is 18.7 Å². The number of nitrogens with two attached hydrogens (primary N) is 1. The van der Waals surface area contributed by atoms with Gasteiger partial charge in [0.1, 0.15) is 18.4 Å². The first-order valence-corrected chi connectivity index (χ1v) is 13.2. The van der Waals surface area contributed by atoms with Crippen LogP contribution in [-0.4, -0.2) is 49.8 Å². The zero-order chi connectivity index (χ0) is 24.3. The van der Waals surface area contributed by atoms with Crippen LogP contribution in [0.3, 0.4) is 0 Å². The highest BCUT2D eigenvalue weighted by molar-refractivity contribution is 7.98. The first-order chi connectivity index (χ1) is 16.3. The van der Waals surface area contributed by atoms with Crippen molar-refractivity contribution in [2.45, 2.75) is 44.1 Å². The third-order valence-electron chi connectivity index (χ3n) is 6.85. The standard InChI is InChI=1S/C24H26N4O4S2/c1-12-17(20(24(31)32)28-19(12)18(13(2)29)21(28)30)16-10-27-11-26(22(33-3)23(27)34-16)9-15-6-4-14(8-25)5-7-15/h4-7,10-13,18-19,29H,8-9,25H2,1-3H3/p+1/t12-,13+,18+,19+/m0/s1. The number of β-lactam (4-membered cyclic amide) rings is 1. The molecule has 0 aliphatic carbocycles. The van der Waals surface area contributed by atoms with E-state index in [1.807, 2.05) is 42.2 Å². The zero-order valence-electron chi connectivity index (χ0n) is 19.1. The van der Waals surface area contributed by atoms with Crippen LogP contribution in [0.4, 0.5) is 0 Å². The number of aromatic nitrogens is 2. The number of thioether (sulfide) groups is 1. The van der Waals surface area contributed by atoms with Crippen LogP contribution in [-0.2, 0) is 22.7 Å². The van der Waals surface area contributed by atoms with Crippen molar-refractivity contribution in [3.8, 4) is 0 Å². The van der Waals surface area contributed by atoms with Crippen LogP contribution >= 0.6 is 23.1 Å². The predicted molar refractivity (Wildman–Crippen MR) is 130 cm³/mol. The normalized spacial score (nSPS) is 22.9. The van der Waals surface area contributed by atoms with Crippen LogP contribution in [0.2, 0.25) is 0 Å². The van der Waals surface area contributed by atoms with Gasteiger partial charge in [0.15, 0.2) is 0 Å². The Morgan fingerprint density at radius 1 is 1.29 bits per heavy atom. The number of fused-ring (bicyclic) bond motifs is 2. The second-order valence-corrected chi connectivity index (χ2v) is 10.7. The number of thiazole rings is 1. The number of aliphatic carboxylic acids is 1. The van der Waals surface area contributed by atoms with Crippen LogP contribution in [0, 0.1) is 11.8 Å². The monoisotopic (exact) mass is 499 g/mol. The van der Waals surface area contributed by atoms with Crippen molar-refractivity contribution in [1.29, 1.82) is 0 Å². The summed E-state index contributed by atoms with van der Waals surface area (Å²) in [5.74, 6) is -2.17. The summed E-state index contributed by atoms with van der Waals surface area (Å²) in [4.78, 5) is 28.1. The Kier molecular flexibility index (Phi) is 5.79. The van der Waals surface area contributed by atoms with Gasteiger partial charge in [-0.1, -0.05) is 54.3 Å². The van der Waals surface area contributed by atoms with Crippen LogP contribution < -0.4 is 10.3 Å². The van der Waals surface area contributed by atoms with Crippen molar-refractivity contribution < 1.29 is 24.4 Å². The van der Waals surface area contributed by atoms with Gasteiger partial charge >= 0.3 is 5.97 Å². The highest BCUT2D eigenvalue weighted by Crippen LogP contribution is 2.51. The molecule has 8 nitrogen and oxygen atoms in total. The highest BCUT2D eigenvalue weighted by Gasteiger charge is 2.60. The molecule has 3 aromatic rings. The molecule has 2 aliphatic rings. The van der Waals surface area contributed by atoms with E-state index in [1.165, 1.54) is 21.8 Å². The summed E-state index contributed by atoms with van der Waals surface area (Å²) < 4.78 is 4.21. The maximum absolute atomic E-state index is 12.7. The van der Waals surface area contributed by atoms with E-state index in [0.29, 0.717) is 18.7 Å². The number of benzene rings is 1. The van der Waals surface area contributed by atoms with Crippen LogP contribution in [0.1, 0.15) is 29.9 Å². The summed E-state index contributed by atoms with van der Waals surface area (Å²) in [6, 6.07) is 7.92. The number of amides is 1. The lowest BCUT2D eigenvalue weighted by Gasteiger charge is -2.46. The van der Waals surface area contributed by atoms with Crippen molar-refractivity contribution in [3.63, 3.8) is 0 Å².